The zero-order chi connectivity index (χ0) is 35.5. The van der Waals surface area contributed by atoms with Crippen molar-refractivity contribution >= 4 is 22.1 Å². The molecule has 4 aromatic carbocycles. The molecule has 0 amide bonds. The van der Waals surface area contributed by atoms with Crippen LogP contribution in [-0.2, 0) is 17.3 Å². The van der Waals surface area contributed by atoms with E-state index in [4.69, 9.17) is 20.4 Å². The Balaban J connectivity index is 1.38. The van der Waals surface area contributed by atoms with Crippen LogP contribution in [0.3, 0.4) is 0 Å². The molecule has 6 rings (SSSR count). The number of benzene rings is 4. The van der Waals surface area contributed by atoms with Gasteiger partial charge in [-0.15, -0.1) is 0 Å². The second kappa shape index (κ2) is 12.0. The molecule has 0 saturated carbocycles. The SMILES string of the molecule is CC(C)(C)C(n1nc2ccccc2n1)C(C)(C)c1cccc(Cc2cccc(C(C)(C)C(n3nc4ccccc4n3)C(C)(C)C)c2O)c1O. The van der Waals surface area contributed by atoms with Gasteiger partial charge in [0, 0.05) is 28.4 Å². The third-order valence-corrected chi connectivity index (χ3v) is 10.1. The van der Waals surface area contributed by atoms with E-state index in [-0.39, 0.29) is 34.4 Å². The van der Waals surface area contributed by atoms with E-state index in [0.717, 1.165) is 44.3 Å². The summed E-state index contributed by atoms with van der Waals surface area (Å²) in [5, 5.41) is 43.5. The van der Waals surface area contributed by atoms with Crippen LogP contribution in [0, 0.1) is 10.8 Å². The van der Waals surface area contributed by atoms with Crippen LogP contribution in [0.1, 0.15) is 104 Å². The quantitative estimate of drug-likeness (QED) is 0.169. The van der Waals surface area contributed by atoms with Gasteiger partial charge in [-0.3, -0.25) is 0 Å². The van der Waals surface area contributed by atoms with Gasteiger partial charge in [-0.05, 0) is 46.2 Å². The van der Waals surface area contributed by atoms with Crippen molar-refractivity contribution in [3.63, 3.8) is 0 Å². The van der Waals surface area contributed by atoms with Gasteiger partial charge in [-0.1, -0.05) is 130 Å². The minimum Gasteiger partial charge on any atom is -0.507 e. The smallest absolute Gasteiger partial charge is 0.122 e. The Kier molecular flexibility index (Phi) is 8.37. The fourth-order valence-corrected chi connectivity index (χ4v) is 8.43. The predicted octanol–water partition coefficient (Wildman–Crippen LogP) is 9.31. The maximum absolute atomic E-state index is 12.0. The van der Waals surface area contributed by atoms with Gasteiger partial charge < -0.3 is 10.2 Å². The van der Waals surface area contributed by atoms with Gasteiger partial charge in [0.15, 0.2) is 0 Å². The molecule has 8 nitrogen and oxygen atoms in total. The molecule has 0 fully saturated rings. The zero-order valence-corrected chi connectivity index (χ0v) is 30.5. The predicted molar refractivity (Wildman–Crippen MR) is 197 cm³/mol. The van der Waals surface area contributed by atoms with Gasteiger partial charge in [-0.25, -0.2) is 0 Å². The molecule has 0 aliphatic rings. The van der Waals surface area contributed by atoms with Gasteiger partial charge in [0.1, 0.15) is 33.6 Å². The molecule has 8 heteroatoms. The highest BCUT2D eigenvalue weighted by atomic mass is 16.3. The van der Waals surface area contributed by atoms with Crippen LogP contribution in [0.4, 0.5) is 0 Å². The first-order chi connectivity index (χ1) is 22.9. The molecule has 0 aliphatic carbocycles. The van der Waals surface area contributed by atoms with E-state index < -0.39 is 10.8 Å². The van der Waals surface area contributed by atoms with E-state index in [0.29, 0.717) is 6.42 Å². The van der Waals surface area contributed by atoms with E-state index in [1.807, 2.05) is 94.5 Å². The summed E-state index contributed by atoms with van der Waals surface area (Å²) in [6.07, 6.45) is 0.361. The highest BCUT2D eigenvalue weighted by Gasteiger charge is 2.45. The molecule has 2 heterocycles. The first kappa shape index (κ1) is 34.2. The van der Waals surface area contributed by atoms with Crippen LogP contribution in [-0.4, -0.2) is 40.2 Å². The average molecular weight is 659 g/mol. The van der Waals surface area contributed by atoms with Crippen molar-refractivity contribution in [3.8, 4) is 11.5 Å². The lowest BCUT2D eigenvalue weighted by Crippen LogP contribution is -2.41. The molecular formula is C41H50N6O2. The van der Waals surface area contributed by atoms with Gasteiger partial charge in [-0.2, -0.15) is 30.0 Å². The van der Waals surface area contributed by atoms with Gasteiger partial charge in [0.25, 0.3) is 0 Å². The maximum atomic E-state index is 12.0. The fourth-order valence-electron chi connectivity index (χ4n) is 8.43. The molecule has 2 aromatic heterocycles. The minimum atomic E-state index is -0.556. The largest absolute Gasteiger partial charge is 0.507 e. The van der Waals surface area contributed by atoms with Crippen LogP contribution < -0.4 is 0 Å². The molecular weight excluding hydrogens is 608 g/mol. The zero-order valence-electron chi connectivity index (χ0n) is 30.5. The fraction of sp³-hybridized carbons (Fsp3) is 0.415. The molecule has 256 valence electrons. The number of hydrogen-bond acceptors (Lipinski definition) is 6. The van der Waals surface area contributed by atoms with Crippen molar-refractivity contribution < 1.29 is 10.2 Å². The number of aromatic hydroxyl groups is 2. The lowest BCUT2D eigenvalue weighted by Gasteiger charge is -2.42. The Hall–Kier alpha value is -4.72. The minimum absolute atomic E-state index is 0.173. The first-order valence-electron chi connectivity index (χ1n) is 17.2. The molecule has 0 bridgehead atoms. The first-order valence-corrected chi connectivity index (χ1v) is 17.2. The number of phenolic OH excluding ortho intramolecular Hbond substituents is 2. The van der Waals surface area contributed by atoms with Crippen molar-refractivity contribution in [2.75, 3.05) is 0 Å². The molecule has 0 aliphatic heterocycles. The third kappa shape index (κ3) is 6.18. The number of fused-ring (bicyclic) bond motifs is 2. The van der Waals surface area contributed by atoms with E-state index in [1.165, 1.54) is 0 Å². The van der Waals surface area contributed by atoms with Crippen molar-refractivity contribution in [2.45, 2.75) is 98.6 Å². The van der Waals surface area contributed by atoms with Crippen LogP contribution in [0.25, 0.3) is 22.1 Å². The Morgan fingerprint density at radius 3 is 1.06 bits per heavy atom. The molecule has 49 heavy (non-hydrogen) atoms. The van der Waals surface area contributed by atoms with E-state index in [1.54, 1.807) is 0 Å². The van der Waals surface area contributed by atoms with Crippen molar-refractivity contribution in [3.05, 3.63) is 107 Å². The monoisotopic (exact) mass is 658 g/mol. The number of hydrogen-bond donors (Lipinski definition) is 2. The summed E-state index contributed by atoms with van der Waals surface area (Å²) in [5.74, 6) is 0.449. The maximum Gasteiger partial charge on any atom is 0.122 e. The van der Waals surface area contributed by atoms with Crippen LogP contribution in [0.2, 0.25) is 0 Å². The number of phenols is 2. The lowest BCUT2D eigenvalue weighted by atomic mass is 9.67. The second-order valence-electron chi connectivity index (χ2n) is 16.8. The van der Waals surface area contributed by atoms with Gasteiger partial charge >= 0.3 is 0 Å². The molecule has 2 unspecified atom stereocenters. The van der Waals surface area contributed by atoms with Crippen molar-refractivity contribution in [1.29, 1.82) is 0 Å². The van der Waals surface area contributed by atoms with Crippen molar-refractivity contribution in [2.24, 2.45) is 10.8 Å². The summed E-state index contributed by atoms with van der Waals surface area (Å²) in [5.41, 5.74) is 4.89. The Bertz CT molecular complexity index is 1910. The topological polar surface area (TPSA) is 102 Å². The lowest BCUT2D eigenvalue weighted by molar-refractivity contribution is 0.123. The molecule has 6 aromatic rings. The number of para-hydroxylation sites is 2. The van der Waals surface area contributed by atoms with Crippen LogP contribution >= 0.6 is 0 Å². The summed E-state index contributed by atoms with van der Waals surface area (Å²) in [7, 11) is 0. The van der Waals surface area contributed by atoms with Crippen LogP contribution in [0.15, 0.2) is 84.9 Å². The molecule has 0 saturated heterocycles. The Morgan fingerprint density at radius 1 is 0.469 bits per heavy atom. The molecule has 0 spiro atoms. The number of aromatic nitrogens is 6. The van der Waals surface area contributed by atoms with Crippen LogP contribution in [0.5, 0.6) is 11.5 Å². The Morgan fingerprint density at radius 2 is 0.776 bits per heavy atom. The number of rotatable bonds is 8. The molecule has 2 N–H and O–H groups in total. The molecule has 2 atom stereocenters. The highest BCUT2D eigenvalue weighted by molar-refractivity contribution is 5.73. The normalized spacial score (nSPS) is 14.4. The van der Waals surface area contributed by atoms with E-state index in [2.05, 4.69) is 69.2 Å². The van der Waals surface area contributed by atoms with Gasteiger partial charge in [0.05, 0.1) is 12.1 Å². The van der Waals surface area contributed by atoms with E-state index in [9.17, 15) is 10.2 Å². The van der Waals surface area contributed by atoms with Gasteiger partial charge in [0.2, 0.25) is 0 Å². The van der Waals surface area contributed by atoms with E-state index >= 15 is 0 Å². The number of nitrogens with zero attached hydrogens (tertiary/aromatic N) is 6. The van der Waals surface area contributed by atoms with Crippen molar-refractivity contribution in [1.82, 2.24) is 30.0 Å². The standard InChI is InChI=1S/C41H50N6O2/c1-38(2,3)36(46-42-30-21-11-12-22-31(30)43-46)40(7,8)28-19-15-17-26(34(28)48)25-27-18-16-20-29(35(27)49)41(9,10)37(39(4,5)6)47-44-32-23-13-14-24-33(32)45-47/h11-24,36-37,48-49H,25H2,1-10H3. The summed E-state index contributed by atoms with van der Waals surface area (Å²) in [6.45, 7) is 21.7. The average Bonchev–Trinajstić information content (AvgIpc) is 3.60. The third-order valence-electron chi connectivity index (χ3n) is 10.1. The molecule has 0 radical (unpaired) electrons. The highest BCUT2D eigenvalue weighted by Crippen LogP contribution is 2.50. The summed E-state index contributed by atoms with van der Waals surface area (Å²) < 4.78 is 0. The summed E-state index contributed by atoms with van der Waals surface area (Å²) >= 11 is 0. The summed E-state index contributed by atoms with van der Waals surface area (Å²) in [4.78, 5) is 3.66. The summed E-state index contributed by atoms with van der Waals surface area (Å²) in [6, 6.07) is 27.3. The second-order valence-corrected chi connectivity index (χ2v) is 16.8. The Labute approximate surface area is 289 Å².